The van der Waals surface area contributed by atoms with E-state index in [1.165, 1.54) is 49.4 Å². The maximum absolute atomic E-state index is 10.7. The molecule has 0 radical (unpaired) electrons. The van der Waals surface area contributed by atoms with Crippen molar-refractivity contribution in [2.24, 2.45) is 0 Å². The molecule has 1 rings (SSSR count). The molecule has 3 nitrogen and oxygen atoms in total. The zero-order valence-electron chi connectivity index (χ0n) is 12.5. The van der Waals surface area contributed by atoms with Crippen molar-refractivity contribution in [3.63, 3.8) is 0 Å². The smallest absolute Gasteiger partial charge is 0.335 e. The van der Waals surface area contributed by atoms with Gasteiger partial charge in [0, 0.05) is 0 Å². The minimum atomic E-state index is -0.903. The summed E-state index contributed by atoms with van der Waals surface area (Å²) in [5.74, 6) is -0.154. The van der Waals surface area contributed by atoms with Crippen LogP contribution in [-0.4, -0.2) is 22.1 Å². The molecule has 0 saturated heterocycles. The molecule has 0 saturated carbocycles. The van der Waals surface area contributed by atoms with Crippen LogP contribution in [0.25, 0.3) is 0 Å². The van der Waals surface area contributed by atoms with Crippen molar-refractivity contribution >= 4 is 28.6 Å². The fourth-order valence-electron chi connectivity index (χ4n) is 2.14. The fraction of sp³-hybridized carbons (Fsp3) is 0.588. The van der Waals surface area contributed by atoms with E-state index in [9.17, 15) is 4.79 Å². The van der Waals surface area contributed by atoms with Crippen LogP contribution in [0.1, 0.15) is 61.7 Å². The quantitative estimate of drug-likeness (QED) is 0.291. The van der Waals surface area contributed by atoms with E-state index in [2.05, 4.69) is 22.6 Å². The number of benzene rings is 1. The molecule has 0 unspecified atom stereocenters. The summed E-state index contributed by atoms with van der Waals surface area (Å²) in [5, 5.41) is 8.80. The van der Waals surface area contributed by atoms with Crippen LogP contribution in [0.2, 0.25) is 0 Å². The highest BCUT2D eigenvalue weighted by atomic mass is 127. The second kappa shape index (κ2) is 11.8. The monoisotopic (exact) mass is 404 g/mol. The molecule has 0 aliphatic heterocycles. The Bertz CT molecular complexity index is 390. The summed E-state index contributed by atoms with van der Waals surface area (Å²) in [6.45, 7) is 0.710. The molecular formula is C17H25IO3. The number of carboxylic acids is 1. The molecule has 4 heteroatoms. The molecular weight excluding hydrogens is 379 g/mol. The van der Waals surface area contributed by atoms with Crippen LogP contribution in [0.4, 0.5) is 0 Å². The van der Waals surface area contributed by atoms with Gasteiger partial charge in [-0.05, 0) is 41.5 Å². The van der Waals surface area contributed by atoms with Gasteiger partial charge in [0.2, 0.25) is 0 Å². The lowest BCUT2D eigenvalue weighted by Gasteiger charge is -2.06. The van der Waals surface area contributed by atoms with E-state index in [0.29, 0.717) is 12.2 Å². The number of carbonyl (C=O) groups is 1. The second-order valence-electron chi connectivity index (χ2n) is 5.20. The van der Waals surface area contributed by atoms with Gasteiger partial charge in [-0.2, -0.15) is 0 Å². The lowest BCUT2D eigenvalue weighted by Crippen LogP contribution is -1.99. The Morgan fingerprint density at radius 2 is 1.43 bits per heavy atom. The van der Waals surface area contributed by atoms with Gasteiger partial charge in [0.05, 0.1) is 12.2 Å². The van der Waals surface area contributed by atoms with E-state index < -0.39 is 5.97 Å². The molecule has 118 valence electrons. The zero-order chi connectivity index (χ0) is 15.3. The van der Waals surface area contributed by atoms with Crippen LogP contribution in [0.3, 0.4) is 0 Å². The summed E-state index contributed by atoms with van der Waals surface area (Å²) in [4.78, 5) is 10.7. The summed E-state index contributed by atoms with van der Waals surface area (Å²) in [7, 11) is 0. The van der Waals surface area contributed by atoms with Crippen molar-refractivity contribution in [2.75, 3.05) is 11.0 Å². The Morgan fingerprint density at radius 1 is 0.905 bits per heavy atom. The van der Waals surface area contributed by atoms with Gasteiger partial charge in [0.15, 0.2) is 0 Å². The van der Waals surface area contributed by atoms with Crippen LogP contribution in [0.15, 0.2) is 24.3 Å². The average Bonchev–Trinajstić information content (AvgIpc) is 2.49. The van der Waals surface area contributed by atoms with Gasteiger partial charge in [0.1, 0.15) is 5.75 Å². The van der Waals surface area contributed by atoms with Crippen molar-refractivity contribution in [1.29, 1.82) is 0 Å². The second-order valence-corrected chi connectivity index (χ2v) is 6.27. The predicted molar refractivity (Wildman–Crippen MR) is 94.7 cm³/mol. The van der Waals surface area contributed by atoms with Gasteiger partial charge in [-0.15, -0.1) is 0 Å². The van der Waals surface area contributed by atoms with Crippen molar-refractivity contribution in [1.82, 2.24) is 0 Å². The number of rotatable bonds is 12. The molecule has 0 atom stereocenters. The highest BCUT2D eigenvalue weighted by Crippen LogP contribution is 2.14. The van der Waals surface area contributed by atoms with E-state index in [0.717, 1.165) is 12.2 Å². The van der Waals surface area contributed by atoms with Gasteiger partial charge in [-0.1, -0.05) is 61.1 Å². The topological polar surface area (TPSA) is 46.5 Å². The van der Waals surface area contributed by atoms with E-state index in [1.807, 2.05) is 0 Å². The maximum atomic E-state index is 10.7. The fourth-order valence-corrected chi connectivity index (χ4v) is 2.68. The summed E-state index contributed by atoms with van der Waals surface area (Å²) in [6, 6.07) is 6.59. The molecule has 1 aromatic carbocycles. The third-order valence-electron chi connectivity index (χ3n) is 3.40. The molecule has 1 N–H and O–H groups in total. The Kier molecular flexibility index (Phi) is 10.3. The molecule has 21 heavy (non-hydrogen) atoms. The first kappa shape index (κ1) is 18.3. The Labute approximate surface area is 141 Å². The first-order chi connectivity index (χ1) is 10.2. The van der Waals surface area contributed by atoms with Crippen LogP contribution >= 0.6 is 22.6 Å². The first-order valence-corrected chi connectivity index (χ1v) is 9.28. The summed E-state index contributed by atoms with van der Waals surface area (Å²) in [6.07, 6.45) is 10.3. The number of hydrogen-bond donors (Lipinski definition) is 1. The summed E-state index contributed by atoms with van der Waals surface area (Å²) >= 11 is 2.44. The zero-order valence-corrected chi connectivity index (χ0v) is 14.7. The summed E-state index contributed by atoms with van der Waals surface area (Å²) < 4.78 is 6.89. The Hall–Kier alpha value is -0.780. The van der Waals surface area contributed by atoms with Crippen molar-refractivity contribution in [3.05, 3.63) is 29.8 Å². The van der Waals surface area contributed by atoms with Crippen LogP contribution in [0, 0.1) is 0 Å². The van der Waals surface area contributed by atoms with Gasteiger partial charge in [0.25, 0.3) is 0 Å². The SMILES string of the molecule is O=C(O)c1ccc(OCCCCCCCCCCI)cc1. The largest absolute Gasteiger partial charge is 0.494 e. The number of aromatic carboxylic acids is 1. The Balaban J connectivity index is 1.98. The molecule has 0 heterocycles. The Morgan fingerprint density at radius 3 is 1.95 bits per heavy atom. The van der Waals surface area contributed by atoms with Crippen LogP contribution in [0.5, 0.6) is 5.75 Å². The predicted octanol–water partition coefficient (Wildman–Crippen LogP) is 5.32. The van der Waals surface area contributed by atoms with Gasteiger partial charge < -0.3 is 9.84 Å². The number of ether oxygens (including phenoxy) is 1. The number of hydrogen-bond acceptors (Lipinski definition) is 2. The van der Waals surface area contributed by atoms with E-state index in [1.54, 1.807) is 24.3 Å². The number of carboxylic acid groups (broad SMARTS) is 1. The van der Waals surface area contributed by atoms with Gasteiger partial charge in [-0.25, -0.2) is 4.79 Å². The molecule has 0 amide bonds. The highest BCUT2D eigenvalue weighted by Gasteiger charge is 2.01. The number of unbranched alkanes of at least 4 members (excludes halogenated alkanes) is 7. The van der Waals surface area contributed by atoms with Gasteiger partial charge in [-0.3, -0.25) is 0 Å². The van der Waals surface area contributed by atoms with Crippen LogP contribution in [-0.2, 0) is 0 Å². The molecule has 0 fully saturated rings. The number of alkyl halides is 1. The average molecular weight is 404 g/mol. The molecule has 0 bridgehead atoms. The highest BCUT2D eigenvalue weighted by molar-refractivity contribution is 14.1. The normalized spacial score (nSPS) is 10.5. The molecule has 0 aliphatic carbocycles. The molecule has 0 aliphatic rings. The third kappa shape index (κ3) is 8.96. The minimum absolute atomic E-state index is 0.296. The standard InChI is InChI=1S/C17H25IO3/c18-13-7-5-3-1-2-4-6-8-14-21-16-11-9-15(10-12-16)17(19)20/h9-12H,1-8,13-14H2,(H,19,20). The van der Waals surface area contributed by atoms with Crippen LogP contribution < -0.4 is 4.74 Å². The summed E-state index contributed by atoms with van der Waals surface area (Å²) in [5.41, 5.74) is 0.296. The molecule has 0 aromatic heterocycles. The molecule has 1 aromatic rings. The lowest BCUT2D eigenvalue weighted by molar-refractivity contribution is 0.0697. The lowest BCUT2D eigenvalue weighted by atomic mass is 10.1. The van der Waals surface area contributed by atoms with Crippen molar-refractivity contribution in [3.8, 4) is 5.75 Å². The van der Waals surface area contributed by atoms with Gasteiger partial charge >= 0.3 is 5.97 Å². The van der Waals surface area contributed by atoms with E-state index in [-0.39, 0.29) is 0 Å². The van der Waals surface area contributed by atoms with E-state index >= 15 is 0 Å². The number of halogens is 1. The van der Waals surface area contributed by atoms with Crippen molar-refractivity contribution in [2.45, 2.75) is 51.4 Å². The first-order valence-electron chi connectivity index (χ1n) is 7.76. The minimum Gasteiger partial charge on any atom is -0.494 e. The van der Waals surface area contributed by atoms with E-state index in [4.69, 9.17) is 9.84 Å². The van der Waals surface area contributed by atoms with Crippen molar-refractivity contribution < 1.29 is 14.6 Å². The maximum Gasteiger partial charge on any atom is 0.335 e. The molecule has 0 spiro atoms. The third-order valence-corrected chi connectivity index (χ3v) is 4.16.